The van der Waals surface area contributed by atoms with Crippen LogP contribution in [-0.4, -0.2) is 13.1 Å². The Kier molecular flexibility index (Phi) is 4.91. The summed E-state index contributed by atoms with van der Waals surface area (Å²) in [5.41, 5.74) is 10.9. The number of benzene rings is 1. The van der Waals surface area contributed by atoms with Crippen LogP contribution in [0.4, 0.5) is 0 Å². The minimum atomic E-state index is -0.304. The average molecular weight is 249 g/mol. The van der Waals surface area contributed by atoms with Crippen LogP contribution in [0.2, 0.25) is 0 Å². The number of aryl methyl sites for hydroxylation is 1. The number of rotatable bonds is 4. The minimum Gasteiger partial charge on any atom is -0.469 e. The third kappa shape index (κ3) is 2.72. The number of methoxy groups -OCH3 is 1. The standard InChI is InChI=1S/C15H23NO2/c1-6-12(15(17)18-5)14(16)13-8-7-9(2)10(3)11(13)4/h7-8,12,14H,6,16H2,1-5H3. The SMILES string of the molecule is CCC(C(=O)OC)C(N)c1ccc(C)c(C)c1C. The Hall–Kier alpha value is -1.35. The van der Waals surface area contributed by atoms with Gasteiger partial charge in [0.15, 0.2) is 0 Å². The van der Waals surface area contributed by atoms with Crippen molar-refractivity contribution in [2.75, 3.05) is 7.11 Å². The normalized spacial score (nSPS) is 14.1. The van der Waals surface area contributed by atoms with Crippen molar-refractivity contribution in [1.29, 1.82) is 0 Å². The van der Waals surface area contributed by atoms with Gasteiger partial charge in [-0.05, 0) is 49.4 Å². The van der Waals surface area contributed by atoms with E-state index in [1.807, 2.05) is 13.0 Å². The zero-order chi connectivity index (χ0) is 13.9. The molecule has 0 aromatic heterocycles. The Bertz CT molecular complexity index is 440. The van der Waals surface area contributed by atoms with Gasteiger partial charge in [0, 0.05) is 6.04 Å². The first-order valence-corrected chi connectivity index (χ1v) is 6.34. The Morgan fingerprint density at radius 2 is 1.89 bits per heavy atom. The van der Waals surface area contributed by atoms with Crippen molar-refractivity contribution in [2.45, 2.75) is 40.2 Å². The monoisotopic (exact) mass is 249 g/mol. The fourth-order valence-electron chi connectivity index (χ4n) is 2.27. The van der Waals surface area contributed by atoms with Gasteiger partial charge >= 0.3 is 5.97 Å². The molecule has 0 bridgehead atoms. The fourth-order valence-corrected chi connectivity index (χ4v) is 2.27. The summed E-state index contributed by atoms with van der Waals surface area (Å²) in [5, 5.41) is 0. The van der Waals surface area contributed by atoms with Crippen molar-refractivity contribution in [1.82, 2.24) is 0 Å². The van der Waals surface area contributed by atoms with E-state index in [1.54, 1.807) is 0 Å². The van der Waals surface area contributed by atoms with Crippen molar-refractivity contribution < 1.29 is 9.53 Å². The van der Waals surface area contributed by atoms with Gasteiger partial charge < -0.3 is 10.5 Å². The summed E-state index contributed by atoms with van der Waals surface area (Å²) >= 11 is 0. The summed E-state index contributed by atoms with van der Waals surface area (Å²) in [5.74, 6) is -0.515. The third-order valence-electron chi connectivity index (χ3n) is 3.84. The molecule has 1 rings (SSSR count). The number of carbonyl (C=O) groups is 1. The second kappa shape index (κ2) is 6.01. The van der Waals surface area contributed by atoms with Crippen LogP contribution >= 0.6 is 0 Å². The molecule has 0 aliphatic rings. The van der Waals surface area contributed by atoms with E-state index in [4.69, 9.17) is 10.5 Å². The van der Waals surface area contributed by atoms with Crippen molar-refractivity contribution in [3.63, 3.8) is 0 Å². The lowest BCUT2D eigenvalue weighted by Gasteiger charge is -2.23. The van der Waals surface area contributed by atoms with Crippen molar-refractivity contribution in [2.24, 2.45) is 11.7 Å². The number of ether oxygens (including phenoxy) is 1. The molecule has 100 valence electrons. The van der Waals surface area contributed by atoms with Crippen molar-refractivity contribution >= 4 is 5.97 Å². The van der Waals surface area contributed by atoms with Gasteiger partial charge in [-0.25, -0.2) is 0 Å². The molecule has 1 aromatic rings. The highest BCUT2D eigenvalue weighted by Crippen LogP contribution is 2.28. The van der Waals surface area contributed by atoms with Crippen LogP contribution in [0.15, 0.2) is 12.1 Å². The average Bonchev–Trinajstić information content (AvgIpc) is 2.36. The van der Waals surface area contributed by atoms with E-state index < -0.39 is 0 Å². The third-order valence-corrected chi connectivity index (χ3v) is 3.84. The molecule has 0 aliphatic heterocycles. The van der Waals surface area contributed by atoms with Gasteiger partial charge in [0.2, 0.25) is 0 Å². The van der Waals surface area contributed by atoms with Gasteiger partial charge in [0.05, 0.1) is 13.0 Å². The lowest BCUT2D eigenvalue weighted by atomic mass is 9.86. The largest absolute Gasteiger partial charge is 0.469 e. The lowest BCUT2D eigenvalue weighted by Crippen LogP contribution is -2.29. The maximum absolute atomic E-state index is 11.7. The van der Waals surface area contributed by atoms with Gasteiger partial charge in [-0.15, -0.1) is 0 Å². The molecule has 0 fully saturated rings. The fraction of sp³-hybridized carbons (Fsp3) is 0.533. The predicted molar refractivity (Wildman–Crippen MR) is 73.4 cm³/mol. The van der Waals surface area contributed by atoms with Crippen LogP contribution in [0.3, 0.4) is 0 Å². The first-order chi connectivity index (χ1) is 8.43. The van der Waals surface area contributed by atoms with Gasteiger partial charge in [-0.1, -0.05) is 19.1 Å². The summed E-state index contributed by atoms with van der Waals surface area (Å²) < 4.78 is 4.82. The lowest BCUT2D eigenvalue weighted by molar-refractivity contribution is -0.146. The van der Waals surface area contributed by atoms with Crippen LogP contribution in [0.1, 0.15) is 41.6 Å². The Morgan fingerprint density at radius 3 is 2.39 bits per heavy atom. The molecule has 0 heterocycles. The van der Waals surface area contributed by atoms with Gasteiger partial charge in [-0.3, -0.25) is 4.79 Å². The molecule has 3 heteroatoms. The van der Waals surface area contributed by atoms with Crippen LogP contribution in [0, 0.1) is 26.7 Å². The number of hydrogen-bond acceptors (Lipinski definition) is 3. The number of nitrogens with two attached hydrogens (primary N) is 1. The summed E-state index contributed by atoms with van der Waals surface area (Å²) in [6.07, 6.45) is 0.681. The first kappa shape index (κ1) is 14.7. The summed E-state index contributed by atoms with van der Waals surface area (Å²) in [6.45, 7) is 8.18. The molecule has 0 aliphatic carbocycles. The topological polar surface area (TPSA) is 52.3 Å². The van der Waals surface area contributed by atoms with E-state index in [2.05, 4.69) is 26.8 Å². The predicted octanol–water partition coefficient (Wildman–Crippen LogP) is 2.81. The second-order valence-corrected chi connectivity index (χ2v) is 4.79. The maximum atomic E-state index is 11.7. The molecule has 0 amide bonds. The molecule has 0 radical (unpaired) electrons. The van der Waals surface area contributed by atoms with Gasteiger partial charge in [0.25, 0.3) is 0 Å². The molecular formula is C15H23NO2. The Labute approximate surface area is 109 Å². The molecular weight excluding hydrogens is 226 g/mol. The molecule has 3 nitrogen and oxygen atoms in total. The molecule has 1 aromatic carbocycles. The van der Waals surface area contributed by atoms with Crippen molar-refractivity contribution in [3.05, 3.63) is 34.4 Å². The smallest absolute Gasteiger partial charge is 0.310 e. The minimum absolute atomic E-state index is 0.234. The van der Waals surface area contributed by atoms with Crippen LogP contribution < -0.4 is 5.73 Å². The quantitative estimate of drug-likeness (QED) is 0.835. The highest BCUT2D eigenvalue weighted by atomic mass is 16.5. The maximum Gasteiger partial charge on any atom is 0.310 e. The van der Waals surface area contributed by atoms with E-state index in [0.29, 0.717) is 6.42 Å². The van der Waals surface area contributed by atoms with Crippen molar-refractivity contribution in [3.8, 4) is 0 Å². The Morgan fingerprint density at radius 1 is 1.28 bits per heavy atom. The summed E-state index contributed by atoms with van der Waals surface area (Å²) in [6, 6.07) is 3.77. The van der Waals surface area contributed by atoms with E-state index in [-0.39, 0.29) is 17.9 Å². The highest BCUT2D eigenvalue weighted by Gasteiger charge is 2.27. The van der Waals surface area contributed by atoms with Crippen LogP contribution in [0.5, 0.6) is 0 Å². The molecule has 2 unspecified atom stereocenters. The number of hydrogen-bond donors (Lipinski definition) is 1. The van der Waals surface area contributed by atoms with Gasteiger partial charge in [-0.2, -0.15) is 0 Å². The molecule has 2 atom stereocenters. The molecule has 0 spiro atoms. The molecule has 0 saturated heterocycles. The second-order valence-electron chi connectivity index (χ2n) is 4.79. The zero-order valence-corrected chi connectivity index (χ0v) is 11.9. The number of esters is 1. The Balaban J connectivity index is 3.13. The summed E-state index contributed by atoms with van der Waals surface area (Å²) in [4.78, 5) is 11.7. The van der Waals surface area contributed by atoms with E-state index >= 15 is 0 Å². The van der Waals surface area contributed by atoms with Gasteiger partial charge in [0.1, 0.15) is 0 Å². The van der Waals surface area contributed by atoms with E-state index in [1.165, 1.54) is 23.8 Å². The van der Waals surface area contributed by atoms with Crippen LogP contribution in [-0.2, 0) is 9.53 Å². The molecule has 18 heavy (non-hydrogen) atoms. The number of carbonyl (C=O) groups excluding carboxylic acids is 1. The van der Waals surface area contributed by atoms with Crippen LogP contribution in [0.25, 0.3) is 0 Å². The molecule has 0 saturated carbocycles. The first-order valence-electron chi connectivity index (χ1n) is 6.34. The molecule has 2 N–H and O–H groups in total. The summed E-state index contributed by atoms with van der Waals surface area (Å²) in [7, 11) is 1.41. The van der Waals surface area contributed by atoms with E-state index in [9.17, 15) is 4.79 Å². The zero-order valence-electron chi connectivity index (χ0n) is 11.9. The highest BCUT2D eigenvalue weighted by molar-refractivity contribution is 5.73. The van der Waals surface area contributed by atoms with E-state index in [0.717, 1.165) is 5.56 Å².